The maximum absolute atomic E-state index is 4.89. The van der Waals surface area contributed by atoms with Crippen molar-refractivity contribution in [3.8, 4) is 0 Å². The molecule has 37 heavy (non-hydrogen) atoms. The molecule has 1 atom stereocenters. The smallest absolute Gasteiger partial charge is 0.121 e. The van der Waals surface area contributed by atoms with Crippen LogP contribution in [0.1, 0.15) is 58.5 Å². The van der Waals surface area contributed by atoms with Crippen LogP contribution in [0.5, 0.6) is 0 Å². The van der Waals surface area contributed by atoms with Gasteiger partial charge in [0.2, 0.25) is 0 Å². The summed E-state index contributed by atoms with van der Waals surface area (Å²) in [7, 11) is 0. The van der Waals surface area contributed by atoms with Crippen molar-refractivity contribution in [3.05, 3.63) is 113 Å². The highest BCUT2D eigenvalue weighted by Gasteiger charge is 2.28. The molecule has 0 aliphatic heterocycles. The van der Waals surface area contributed by atoms with Crippen LogP contribution in [0.4, 0.5) is 0 Å². The molecular formula is C30H33N7. The lowest BCUT2D eigenvalue weighted by molar-refractivity contribution is 0.153. The number of imidazole rings is 1. The molecule has 5 aromatic rings. The molecule has 1 aliphatic rings. The summed E-state index contributed by atoms with van der Waals surface area (Å²) in [4.78, 5) is 15.8. The fourth-order valence-corrected chi connectivity index (χ4v) is 5.39. The highest BCUT2D eigenvalue weighted by Crippen LogP contribution is 2.34. The predicted octanol–water partition coefficient (Wildman–Crippen LogP) is 5.36. The Labute approximate surface area is 217 Å². The van der Waals surface area contributed by atoms with Crippen molar-refractivity contribution in [2.45, 2.75) is 58.4 Å². The van der Waals surface area contributed by atoms with Crippen molar-refractivity contribution in [2.24, 2.45) is 0 Å². The van der Waals surface area contributed by atoms with Crippen LogP contribution in [0.3, 0.4) is 0 Å². The summed E-state index contributed by atoms with van der Waals surface area (Å²) in [5.74, 6) is 0.999. The first kappa shape index (κ1) is 23.6. The van der Waals surface area contributed by atoms with E-state index in [-0.39, 0.29) is 6.04 Å². The molecular weight excluding hydrogens is 458 g/mol. The van der Waals surface area contributed by atoms with Crippen LogP contribution in [-0.4, -0.2) is 30.0 Å². The number of aromatic amines is 2. The molecule has 3 heterocycles. The molecule has 3 aromatic heterocycles. The number of nitrogens with zero attached hydrogens (tertiary/aromatic N) is 4. The number of H-pyrrole nitrogens is 2. The zero-order valence-corrected chi connectivity index (χ0v) is 21.2. The monoisotopic (exact) mass is 491 g/mol. The lowest BCUT2D eigenvalue weighted by Gasteiger charge is -2.34. The van der Waals surface area contributed by atoms with Crippen molar-refractivity contribution >= 4 is 11.0 Å². The Balaban J connectivity index is 1.19. The summed E-state index contributed by atoms with van der Waals surface area (Å²) in [6.45, 7) is 5.19. The van der Waals surface area contributed by atoms with E-state index in [9.17, 15) is 0 Å². The number of fused-ring (bicyclic) bond motifs is 2. The van der Waals surface area contributed by atoms with Gasteiger partial charge in [-0.15, -0.1) is 0 Å². The minimum Gasteiger partial charge on any atom is -0.341 e. The molecule has 7 heteroatoms. The van der Waals surface area contributed by atoms with E-state index in [1.54, 1.807) is 0 Å². The van der Waals surface area contributed by atoms with Gasteiger partial charge in [-0.2, -0.15) is 5.10 Å². The number of pyridine rings is 1. The SMILES string of the molecule is Cc1cc(CNCc2ccc(CN(Cc3nc4ccccc4[nH]3)C3CCCc4cccnc43)cc2)n[nH]1. The van der Waals surface area contributed by atoms with Gasteiger partial charge >= 0.3 is 0 Å². The number of aryl methyl sites for hydroxylation is 2. The Kier molecular flexibility index (Phi) is 6.80. The first-order valence-electron chi connectivity index (χ1n) is 13.1. The minimum absolute atomic E-state index is 0.275. The van der Waals surface area contributed by atoms with Gasteiger partial charge in [0.15, 0.2) is 0 Å². The van der Waals surface area contributed by atoms with Crippen molar-refractivity contribution in [2.75, 3.05) is 0 Å². The first-order valence-corrected chi connectivity index (χ1v) is 13.1. The van der Waals surface area contributed by atoms with E-state index in [2.05, 4.69) is 86.1 Å². The van der Waals surface area contributed by atoms with Gasteiger partial charge in [0.05, 0.1) is 35.0 Å². The summed E-state index contributed by atoms with van der Waals surface area (Å²) >= 11 is 0. The summed E-state index contributed by atoms with van der Waals surface area (Å²) in [5, 5.41) is 10.8. The Morgan fingerprint density at radius 1 is 0.973 bits per heavy atom. The molecule has 1 unspecified atom stereocenters. The Bertz CT molecular complexity index is 1430. The fourth-order valence-electron chi connectivity index (χ4n) is 5.39. The number of hydrogen-bond donors (Lipinski definition) is 3. The fraction of sp³-hybridized carbons (Fsp3) is 0.300. The number of para-hydroxylation sites is 2. The molecule has 3 N–H and O–H groups in total. The molecule has 0 bridgehead atoms. The number of aromatic nitrogens is 5. The highest BCUT2D eigenvalue weighted by atomic mass is 15.2. The first-order chi connectivity index (χ1) is 18.2. The van der Waals surface area contributed by atoms with Crippen LogP contribution in [-0.2, 0) is 32.6 Å². The highest BCUT2D eigenvalue weighted by molar-refractivity contribution is 5.74. The average Bonchev–Trinajstić information content (AvgIpc) is 3.54. The summed E-state index contributed by atoms with van der Waals surface area (Å²) in [6, 6.07) is 23.9. The molecule has 0 saturated heterocycles. The van der Waals surface area contributed by atoms with Crippen LogP contribution in [0.15, 0.2) is 72.9 Å². The van der Waals surface area contributed by atoms with Gasteiger partial charge in [-0.25, -0.2) is 4.98 Å². The third kappa shape index (κ3) is 5.48. The largest absolute Gasteiger partial charge is 0.341 e. The second-order valence-corrected chi connectivity index (χ2v) is 10.0. The number of hydrogen-bond acceptors (Lipinski definition) is 5. The number of nitrogens with one attached hydrogen (secondary N) is 3. The topological polar surface area (TPSA) is 85.5 Å². The average molecular weight is 492 g/mol. The van der Waals surface area contributed by atoms with E-state index in [0.29, 0.717) is 0 Å². The zero-order chi connectivity index (χ0) is 25.0. The normalized spacial score (nSPS) is 15.4. The van der Waals surface area contributed by atoms with Crippen molar-refractivity contribution in [1.29, 1.82) is 0 Å². The van der Waals surface area contributed by atoms with E-state index in [1.165, 1.54) is 28.8 Å². The van der Waals surface area contributed by atoms with Gasteiger partial charge < -0.3 is 10.3 Å². The Morgan fingerprint density at radius 2 is 1.84 bits per heavy atom. The minimum atomic E-state index is 0.275. The molecule has 7 nitrogen and oxygen atoms in total. The Morgan fingerprint density at radius 3 is 2.68 bits per heavy atom. The molecule has 0 spiro atoms. The van der Waals surface area contributed by atoms with Gasteiger partial charge in [-0.05, 0) is 67.1 Å². The molecule has 0 fully saturated rings. The van der Waals surface area contributed by atoms with Crippen molar-refractivity contribution < 1.29 is 0 Å². The maximum Gasteiger partial charge on any atom is 0.121 e. The second kappa shape index (κ2) is 10.7. The lowest BCUT2D eigenvalue weighted by atomic mass is 9.90. The van der Waals surface area contributed by atoms with E-state index < -0.39 is 0 Å². The van der Waals surface area contributed by atoms with Gasteiger partial charge in [0, 0.05) is 31.5 Å². The number of benzene rings is 2. The summed E-state index contributed by atoms with van der Waals surface area (Å²) in [5.41, 5.74) is 9.39. The Hall–Kier alpha value is -3.81. The van der Waals surface area contributed by atoms with E-state index in [0.717, 1.165) is 67.3 Å². The van der Waals surface area contributed by atoms with Crippen LogP contribution >= 0.6 is 0 Å². The molecule has 6 rings (SSSR count). The van der Waals surface area contributed by atoms with Crippen LogP contribution in [0.25, 0.3) is 11.0 Å². The lowest BCUT2D eigenvalue weighted by Crippen LogP contribution is -2.31. The number of rotatable bonds is 9. The molecule has 1 aliphatic carbocycles. The van der Waals surface area contributed by atoms with Gasteiger partial charge in [0.1, 0.15) is 5.82 Å². The molecule has 0 amide bonds. The molecule has 188 valence electrons. The van der Waals surface area contributed by atoms with Gasteiger partial charge in [-0.3, -0.25) is 15.0 Å². The third-order valence-electron chi connectivity index (χ3n) is 7.20. The second-order valence-electron chi connectivity index (χ2n) is 10.0. The van der Waals surface area contributed by atoms with Crippen LogP contribution < -0.4 is 5.32 Å². The van der Waals surface area contributed by atoms with Gasteiger partial charge in [-0.1, -0.05) is 42.5 Å². The van der Waals surface area contributed by atoms with E-state index in [1.807, 2.05) is 19.2 Å². The maximum atomic E-state index is 4.89. The predicted molar refractivity (Wildman–Crippen MR) is 146 cm³/mol. The quantitative estimate of drug-likeness (QED) is 0.258. The van der Waals surface area contributed by atoms with Gasteiger partial charge in [0.25, 0.3) is 0 Å². The zero-order valence-electron chi connectivity index (χ0n) is 21.2. The van der Waals surface area contributed by atoms with Crippen LogP contribution in [0.2, 0.25) is 0 Å². The van der Waals surface area contributed by atoms with E-state index in [4.69, 9.17) is 9.97 Å². The standard InChI is InChI=1S/C30H33N7/c1-21-16-25(36-35-21)18-31-17-22-11-13-23(14-12-22)19-37(20-29-33-26-8-2-3-9-27(26)34-29)28-10-4-6-24-7-5-15-32-30(24)28/h2-3,5,7-9,11-16,28,31H,4,6,10,17-20H2,1H3,(H,33,34)(H,35,36). The van der Waals surface area contributed by atoms with Crippen molar-refractivity contribution in [3.63, 3.8) is 0 Å². The third-order valence-corrected chi connectivity index (χ3v) is 7.20. The van der Waals surface area contributed by atoms with Crippen LogP contribution in [0, 0.1) is 6.92 Å². The van der Waals surface area contributed by atoms with Crippen molar-refractivity contribution in [1.82, 2.24) is 35.4 Å². The molecule has 2 aromatic carbocycles. The van der Waals surface area contributed by atoms with E-state index >= 15 is 0 Å². The summed E-state index contributed by atoms with van der Waals surface area (Å²) in [6.07, 6.45) is 5.33. The molecule has 0 saturated carbocycles. The summed E-state index contributed by atoms with van der Waals surface area (Å²) < 4.78 is 0. The molecule has 0 radical (unpaired) electrons.